The summed E-state index contributed by atoms with van der Waals surface area (Å²) in [6.07, 6.45) is 4.32. The average molecular weight is 426 g/mol. The summed E-state index contributed by atoms with van der Waals surface area (Å²) < 4.78 is 11.6. The summed E-state index contributed by atoms with van der Waals surface area (Å²) in [6.45, 7) is 9.33. The van der Waals surface area contributed by atoms with Crippen molar-refractivity contribution in [3.63, 3.8) is 0 Å². The summed E-state index contributed by atoms with van der Waals surface area (Å²) in [4.78, 5) is 12.4. The first kappa shape index (κ1) is 22.0. The molecule has 1 amide bonds. The molecule has 0 saturated heterocycles. The number of rotatable bonds is 8. The van der Waals surface area contributed by atoms with Crippen molar-refractivity contribution in [2.75, 3.05) is 13.2 Å². The van der Waals surface area contributed by atoms with Crippen molar-refractivity contribution in [3.05, 3.63) is 59.3 Å². The van der Waals surface area contributed by atoms with E-state index < -0.39 is 0 Å². The van der Waals surface area contributed by atoms with Crippen LogP contribution in [0, 0.1) is 5.92 Å². The second-order valence-electron chi connectivity index (χ2n) is 7.73. The van der Waals surface area contributed by atoms with E-state index in [0.29, 0.717) is 29.8 Å². The highest BCUT2D eigenvalue weighted by molar-refractivity contribution is 6.30. The zero-order valence-electron chi connectivity index (χ0n) is 17.9. The van der Waals surface area contributed by atoms with E-state index in [9.17, 15) is 4.79 Å². The lowest BCUT2D eigenvalue weighted by Crippen LogP contribution is -2.23. The lowest BCUT2D eigenvalue weighted by Gasteiger charge is -2.12. The molecule has 2 aromatic carbocycles. The Labute approximate surface area is 182 Å². The summed E-state index contributed by atoms with van der Waals surface area (Å²) >= 11 is 6.03. The molecule has 0 aliphatic carbocycles. The van der Waals surface area contributed by atoms with E-state index in [1.165, 1.54) is 0 Å². The second kappa shape index (κ2) is 9.86. The quantitative estimate of drug-likeness (QED) is 0.407. The van der Waals surface area contributed by atoms with E-state index in [2.05, 4.69) is 19.2 Å². The van der Waals surface area contributed by atoms with Crippen LogP contribution in [0.4, 0.5) is 0 Å². The molecule has 0 saturated carbocycles. The van der Waals surface area contributed by atoms with Gasteiger partial charge in [0.15, 0.2) is 0 Å². The zero-order chi connectivity index (χ0) is 21.7. The summed E-state index contributed by atoms with van der Waals surface area (Å²) in [5.74, 6) is 1.15. The van der Waals surface area contributed by atoms with Gasteiger partial charge in [0.25, 0.3) is 0 Å². The number of benzene rings is 2. The summed E-state index contributed by atoms with van der Waals surface area (Å²) in [7, 11) is 0. The van der Waals surface area contributed by atoms with Crippen molar-refractivity contribution >= 4 is 34.1 Å². The molecule has 0 radical (unpaired) electrons. The molecule has 5 heteroatoms. The third-order valence-electron chi connectivity index (χ3n) is 4.92. The molecular formula is C25H28ClNO3. The molecule has 3 aromatic rings. The molecule has 0 aliphatic heterocycles. The van der Waals surface area contributed by atoms with Crippen LogP contribution in [-0.2, 0) is 4.79 Å². The highest BCUT2D eigenvalue weighted by atomic mass is 35.5. The number of allylic oxidation sites excluding steroid dienone is 1. The minimum Gasteiger partial charge on any atom is -0.493 e. The fourth-order valence-electron chi connectivity index (χ4n) is 3.30. The predicted molar refractivity (Wildman–Crippen MR) is 124 cm³/mol. The van der Waals surface area contributed by atoms with Gasteiger partial charge in [-0.1, -0.05) is 37.6 Å². The maximum Gasteiger partial charge on any atom is 0.244 e. The van der Waals surface area contributed by atoms with Crippen molar-refractivity contribution in [2.24, 2.45) is 5.92 Å². The molecule has 158 valence electrons. The van der Waals surface area contributed by atoms with Gasteiger partial charge in [-0.15, -0.1) is 0 Å². The Morgan fingerprint density at radius 1 is 1.23 bits per heavy atom. The van der Waals surface area contributed by atoms with Gasteiger partial charge in [0, 0.05) is 40.2 Å². The Morgan fingerprint density at radius 3 is 2.63 bits per heavy atom. The molecule has 0 bridgehead atoms. The smallest absolute Gasteiger partial charge is 0.244 e. The van der Waals surface area contributed by atoms with Crippen LogP contribution in [0.5, 0.6) is 5.75 Å². The molecule has 0 unspecified atom stereocenters. The number of amides is 1. The van der Waals surface area contributed by atoms with Gasteiger partial charge in [-0.3, -0.25) is 4.79 Å². The molecular weight excluding hydrogens is 398 g/mol. The Balaban J connectivity index is 1.98. The van der Waals surface area contributed by atoms with E-state index >= 15 is 0 Å². The number of hydrogen-bond acceptors (Lipinski definition) is 3. The van der Waals surface area contributed by atoms with Crippen molar-refractivity contribution in [3.8, 4) is 16.9 Å². The lowest BCUT2D eigenvalue weighted by atomic mass is 9.99. The molecule has 0 spiro atoms. The predicted octanol–water partition coefficient (Wildman–Crippen LogP) is 6.72. The minimum atomic E-state index is -0.0965. The molecule has 0 fully saturated rings. The first-order valence-electron chi connectivity index (χ1n) is 10.3. The molecule has 0 aliphatic rings. The van der Waals surface area contributed by atoms with E-state index in [1.807, 2.05) is 50.2 Å². The van der Waals surface area contributed by atoms with Crippen molar-refractivity contribution in [2.45, 2.75) is 34.1 Å². The highest BCUT2D eigenvalue weighted by Gasteiger charge is 2.15. The molecule has 0 atom stereocenters. The van der Waals surface area contributed by atoms with E-state index in [4.69, 9.17) is 20.8 Å². The Bertz CT molecular complexity index is 1050. The van der Waals surface area contributed by atoms with Gasteiger partial charge < -0.3 is 14.5 Å². The fourth-order valence-corrected chi connectivity index (χ4v) is 3.43. The number of fused-ring (bicyclic) bond motifs is 1. The Hall–Kier alpha value is -2.72. The maximum atomic E-state index is 12.4. The largest absolute Gasteiger partial charge is 0.493 e. The van der Waals surface area contributed by atoms with Gasteiger partial charge in [0.05, 0.1) is 12.9 Å². The van der Waals surface area contributed by atoms with Gasteiger partial charge in [-0.25, -0.2) is 0 Å². The fraction of sp³-hybridized carbons (Fsp3) is 0.320. The van der Waals surface area contributed by atoms with Crippen LogP contribution in [0.15, 0.2) is 53.2 Å². The van der Waals surface area contributed by atoms with Crippen LogP contribution in [0.1, 0.15) is 39.7 Å². The monoisotopic (exact) mass is 425 g/mol. The van der Waals surface area contributed by atoms with Crippen LogP contribution in [0.3, 0.4) is 0 Å². The van der Waals surface area contributed by atoms with E-state index in [1.54, 1.807) is 12.3 Å². The molecule has 1 heterocycles. The number of carbonyl (C=O) groups excluding carboxylic acids is 1. The SMILES string of the molecule is CCOc1cc2occ(-c3ccc(Cl)cc3)c2cc1/C(C)=C/C(=O)NCCC(C)C. The first-order valence-corrected chi connectivity index (χ1v) is 10.7. The number of ether oxygens (including phenoxy) is 1. The molecule has 3 rings (SSSR count). The Kier molecular flexibility index (Phi) is 7.22. The lowest BCUT2D eigenvalue weighted by molar-refractivity contribution is -0.116. The standard InChI is InChI=1S/C25H28ClNO3/c1-5-29-23-14-24-21(22(15-30-24)18-6-8-19(26)9-7-18)13-20(23)17(4)12-25(28)27-11-10-16(2)3/h6-9,12-16H,5,10-11H2,1-4H3,(H,27,28)/b17-12+. The van der Waals surface area contributed by atoms with Crippen LogP contribution >= 0.6 is 11.6 Å². The van der Waals surface area contributed by atoms with Crippen molar-refractivity contribution in [1.29, 1.82) is 0 Å². The number of nitrogens with one attached hydrogen (secondary N) is 1. The summed E-state index contributed by atoms with van der Waals surface area (Å²) in [5.41, 5.74) is 4.44. The molecule has 4 nitrogen and oxygen atoms in total. The van der Waals surface area contributed by atoms with Gasteiger partial charge in [-0.05, 0) is 55.5 Å². The van der Waals surface area contributed by atoms with Gasteiger partial charge in [0.1, 0.15) is 11.3 Å². The topological polar surface area (TPSA) is 51.5 Å². The van der Waals surface area contributed by atoms with Gasteiger partial charge in [-0.2, -0.15) is 0 Å². The maximum absolute atomic E-state index is 12.4. The van der Waals surface area contributed by atoms with Crippen LogP contribution in [0.2, 0.25) is 5.02 Å². The third-order valence-corrected chi connectivity index (χ3v) is 5.18. The number of furan rings is 1. The average Bonchev–Trinajstić information content (AvgIpc) is 3.10. The summed E-state index contributed by atoms with van der Waals surface area (Å²) in [6, 6.07) is 11.6. The Morgan fingerprint density at radius 2 is 1.97 bits per heavy atom. The van der Waals surface area contributed by atoms with Crippen molar-refractivity contribution in [1.82, 2.24) is 5.32 Å². The van der Waals surface area contributed by atoms with E-state index in [0.717, 1.165) is 39.7 Å². The second-order valence-corrected chi connectivity index (χ2v) is 8.17. The molecule has 1 N–H and O–H groups in total. The minimum absolute atomic E-state index is 0.0965. The number of carbonyl (C=O) groups is 1. The first-order chi connectivity index (χ1) is 14.4. The van der Waals surface area contributed by atoms with Crippen LogP contribution in [-0.4, -0.2) is 19.1 Å². The van der Waals surface area contributed by atoms with Crippen LogP contribution in [0.25, 0.3) is 27.7 Å². The highest BCUT2D eigenvalue weighted by Crippen LogP contribution is 2.37. The summed E-state index contributed by atoms with van der Waals surface area (Å²) in [5, 5.41) is 4.60. The molecule has 30 heavy (non-hydrogen) atoms. The number of halogens is 1. The van der Waals surface area contributed by atoms with Gasteiger partial charge >= 0.3 is 0 Å². The van der Waals surface area contributed by atoms with Crippen LogP contribution < -0.4 is 10.1 Å². The number of hydrogen-bond donors (Lipinski definition) is 1. The molecule has 1 aromatic heterocycles. The van der Waals surface area contributed by atoms with Gasteiger partial charge in [0.2, 0.25) is 5.91 Å². The zero-order valence-corrected chi connectivity index (χ0v) is 18.7. The van der Waals surface area contributed by atoms with E-state index in [-0.39, 0.29) is 5.91 Å². The van der Waals surface area contributed by atoms with Crippen molar-refractivity contribution < 1.29 is 13.9 Å². The normalized spacial score (nSPS) is 11.9. The third kappa shape index (κ3) is 5.25.